The van der Waals surface area contributed by atoms with Gasteiger partial charge in [-0.3, -0.25) is 4.79 Å². The number of amides is 1. The highest BCUT2D eigenvalue weighted by Crippen LogP contribution is 2.12. The molecule has 0 saturated carbocycles. The van der Waals surface area contributed by atoms with E-state index in [0.29, 0.717) is 13.0 Å². The van der Waals surface area contributed by atoms with E-state index in [1.165, 1.54) is 0 Å². The summed E-state index contributed by atoms with van der Waals surface area (Å²) in [5.41, 5.74) is 6.96. The first kappa shape index (κ1) is 15.5. The number of aromatic hydroxyl groups is 1. The van der Waals surface area contributed by atoms with E-state index in [1.54, 1.807) is 24.3 Å². The highest BCUT2D eigenvalue weighted by molar-refractivity contribution is 5.82. The van der Waals surface area contributed by atoms with E-state index in [1.807, 2.05) is 18.7 Å². The number of rotatable bonds is 6. The molecular formula is C15H24N2O2. The van der Waals surface area contributed by atoms with Crippen molar-refractivity contribution in [3.63, 3.8) is 0 Å². The Labute approximate surface area is 115 Å². The number of hydrogen-bond acceptors (Lipinski definition) is 3. The van der Waals surface area contributed by atoms with Crippen molar-refractivity contribution in [1.29, 1.82) is 0 Å². The molecule has 1 unspecified atom stereocenters. The summed E-state index contributed by atoms with van der Waals surface area (Å²) in [5.74, 6) is 0.211. The number of benzene rings is 1. The molecule has 0 radical (unpaired) electrons. The Bertz CT molecular complexity index is 403. The van der Waals surface area contributed by atoms with E-state index in [0.717, 1.165) is 12.0 Å². The summed E-state index contributed by atoms with van der Waals surface area (Å²) in [5, 5.41) is 9.22. The standard InChI is InChI=1S/C15H24N2O2/c1-4-11(3)17(5-2)15(19)14(16)10-12-6-8-13(18)9-7-12/h6-9,11,14,18H,4-5,10,16H2,1-3H3/t11?,14-/m0/s1. The van der Waals surface area contributed by atoms with Crippen molar-refractivity contribution in [2.75, 3.05) is 6.54 Å². The fourth-order valence-electron chi connectivity index (χ4n) is 2.09. The number of nitrogens with zero attached hydrogens (tertiary/aromatic N) is 1. The van der Waals surface area contributed by atoms with Gasteiger partial charge in [0, 0.05) is 12.6 Å². The van der Waals surface area contributed by atoms with Crippen LogP contribution in [-0.2, 0) is 11.2 Å². The molecule has 0 bridgehead atoms. The van der Waals surface area contributed by atoms with Crippen molar-refractivity contribution < 1.29 is 9.90 Å². The highest BCUT2D eigenvalue weighted by Gasteiger charge is 2.23. The monoisotopic (exact) mass is 264 g/mol. The lowest BCUT2D eigenvalue weighted by atomic mass is 10.0. The van der Waals surface area contributed by atoms with Gasteiger partial charge in [0.05, 0.1) is 6.04 Å². The zero-order valence-corrected chi connectivity index (χ0v) is 12.0. The molecule has 4 heteroatoms. The molecule has 3 N–H and O–H groups in total. The first-order chi connectivity index (χ1) is 8.99. The minimum Gasteiger partial charge on any atom is -0.508 e. The molecule has 1 rings (SSSR count). The second kappa shape index (κ2) is 7.14. The maximum Gasteiger partial charge on any atom is 0.240 e. The van der Waals surface area contributed by atoms with Crippen molar-refractivity contribution in [1.82, 2.24) is 4.90 Å². The van der Waals surface area contributed by atoms with Crippen LogP contribution in [0, 0.1) is 0 Å². The summed E-state index contributed by atoms with van der Waals surface area (Å²) in [7, 11) is 0. The third-order valence-corrected chi connectivity index (χ3v) is 3.46. The third kappa shape index (κ3) is 4.24. The van der Waals surface area contributed by atoms with Gasteiger partial charge in [0.1, 0.15) is 5.75 Å². The SMILES string of the molecule is CCC(C)N(CC)C(=O)[C@@H](N)Cc1ccc(O)cc1. The summed E-state index contributed by atoms with van der Waals surface area (Å²) in [6.45, 7) is 6.75. The van der Waals surface area contributed by atoms with Gasteiger partial charge in [-0.05, 0) is 44.4 Å². The average molecular weight is 264 g/mol. The van der Waals surface area contributed by atoms with Crippen LogP contribution in [0.1, 0.15) is 32.8 Å². The van der Waals surface area contributed by atoms with Crippen LogP contribution in [0.15, 0.2) is 24.3 Å². The molecule has 0 aliphatic rings. The largest absolute Gasteiger partial charge is 0.508 e. The Hall–Kier alpha value is -1.55. The number of carbonyl (C=O) groups is 1. The van der Waals surface area contributed by atoms with Crippen LogP contribution in [0.4, 0.5) is 0 Å². The van der Waals surface area contributed by atoms with Gasteiger partial charge in [-0.1, -0.05) is 19.1 Å². The van der Waals surface area contributed by atoms with Gasteiger partial charge in [-0.2, -0.15) is 0 Å². The Kier molecular flexibility index (Phi) is 5.83. The van der Waals surface area contributed by atoms with Crippen molar-refractivity contribution in [3.8, 4) is 5.75 Å². The Morgan fingerprint density at radius 2 is 1.89 bits per heavy atom. The minimum absolute atomic E-state index is 0.00933. The van der Waals surface area contributed by atoms with Gasteiger partial charge in [-0.25, -0.2) is 0 Å². The molecular weight excluding hydrogens is 240 g/mol. The van der Waals surface area contributed by atoms with Crippen molar-refractivity contribution in [3.05, 3.63) is 29.8 Å². The second-order valence-electron chi connectivity index (χ2n) is 4.86. The van der Waals surface area contributed by atoms with Crippen LogP contribution in [0.5, 0.6) is 5.75 Å². The summed E-state index contributed by atoms with van der Waals surface area (Å²) >= 11 is 0. The molecule has 0 aliphatic heterocycles. The van der Waals surface area contributed by atoms with Crippen LogP contribution < -0.4 is 5.73 Å². The number of hydrogen-bond donors (Lipinski definition) is 2. The van der Waals surface area contributed by atoms with Gasteiger partial charge < -0.3 is 15.7 Å². The van der Waals surface area contributed by atoms with Crippen LogP contribution in [0.2, 0.25) is 0 Å². The lowest BCUT2D eigenvalue weighted by Gasteiger charge is -2.29. The molecule has 0 aliphatic carbocycles. The summed E-state index contributed by atoms with van der Waals surface area (Å²) in [6, 6.07) is 6.49. The molecule has 0 spiro atoms. The highest BCUT2D eigenvalue weighted by atomic mass is 16.3. The predicted molar refractivity (Wildman–Crippen MR) is 76.9 cm³/mol. The third-order valence-electron chi connectivity index (χ3n) is 3.46. The molecule has 106 valence electrons. The number of likely N-dealkylation sites (N-methyl/N-ethyl adjacent to an activating group) is 1. The zero-order chi connectivity index (χ0) is 14.4. The van der Waals surface area contributed by atoms with E-state index < -0.39 is 6.04 Å². The fraction of sp³-hybridized carbons (Fsp3) is 0.533. The van der Waals surface area contributed by atoms with Crippen LogP contribution >= 0.6 is 0 Å². The van der Waals surface area contributed by atoms with Crippen molar-refractivity contribution in [2.24, 2.45) is 5.73 Å². The number of carbonyl (C=O) groups excluding carboxylic acids is 1. The van der Waals surface area contributed by atoms with E-state index in [-0.39, 0.29) is 17.7 Å². The minimum atomic E-state index is -0.529. The zero-order valence-electron chi connectivity index (χ0n) is 12.0. The summed E-state index contributed by atoms with van der Waals surface area (Å²) < 4.78 is 0. The lowest BCUT2D eigenvalue weighted by molar-refractivity contribution is -0.134. The van der Waals surface area contributed by atoms with Gasteiger partial charge in [0.2, 0.25) is 5.91 Å². The number of nitrogens with two attached hydrogens (primary N) is 1. The van der Waals surface area contributed by atoms with Crippen molar-refractivity contribution in [2.45, 2.75) is 45.7 Å². The average Bonchev–Trinajstić information content (AvgIpc) is 2.41. The summed E-state index contributed by atoms with van der Waals surface area (Å²) in [6.07, 6.45) is 1.41. The van der Waals surface area contributed by atoms with Crippen LogP contribution in [0.3, 0.4) is 0 Å². The molecule has 19 heavy (non-hydrogen) atoms. The van der Waals surface area contributed by atoms with Crippen molar-refractivity contribution >= 4 is 5.91 Å². The molecule has 1 amide bonds. The summed E-state index contributed by atoms with van der Waals surface area (Å²) in [4.78, 5) is 14.1. The first-order valence-electron chi connectivity index (χ1n) is 6.83. The predicted octanol–water partition coefficient (Wildman–Crippen LogP) is 1.91. The first-order valence-corrected chi connectivity index (χ1v) is 6.83. The maximum absolute atomic E-state index is 12.3. The molecule has 0 saturated heterocycles. The molecule has 2 atom stereocenters. The van der Waals surface area contributed by atoms with Crippen LogP contribution in [-0.4, -0.2) is 34.5 Å². The molecule has 0 heterocycles. The molecule has 0 aromatic heterocycles. The fourth-order valence-corrected chi connectivity index (χ4v) is 2.09. The molecule has 4 nitrogen and oxygen atoms in total. The second-order valence-corrected chi connectivity index (χ2v) is 4.86. The maximum atomic E-state index is 12.3. The topological polar surface area (TPSA) is 66.6 Å². The lowest BCUT2D eigenvalue weighted by Crippen LogP contribution is -2.48. The number of phenolic OH excluding ortho intramolecular Hbond substituents is 1. The molecule has 1 aromatic rings. The van der Waals surface area contributed by atoms with Gasteiger partial charge in [0.15, 0.2) is 0 Å². The number of phenols is 1. The van der Waals surface area contributed by atoms with E-state index in [4.69, 9.17) is 5.73 Å². The normalized spacial score (nSPS) is 13.9. The van der Waals surface area contributed by atoms with E-state index >= 15 is 0 Å². The van der Waals surface area contributed by atoms with Gasteiger partial charge in [0.25, 0.3) is 0 Å². The Morgan fingerprint density at radius 3 is 2.37 bits per heavy atom. The van der Waals surface area contributed by atoms with E-state index in [9.17, 15) is 9.90 Å². The van der Waals surface area contributed by atoms with Crippen LogP contribution in [0.25, 0.3) is 0 Å². The van der Waals surface area contributed by atoms with Gasteiger partial charge >= 0.3 is 0 Å². The van der Waals surface area contributed by atoms with E-state index in [2.05, 4.69) is 6.92 Å². The quantitative estimate of drug-likeness (QED) is 0.824. The Balaban J connectivity index is 2.68. The van der Waals surface area contributed by atoms with Gasteiger partial charge in [-0.15, -0.1) is 0 Å². The Morgan fingerprint density at radius 1 is 1.32 bits per heavy atom. The smallest absolute Gasteiger partial charge is 0.240 e. The molecule has 1 aromatic carbocycles. The molecule has 0 fully saturated rings.